The minimum absolute atomic E-state index is 0.626. The molecule has 1 heterocycles. The number of nitrogens with zero attached hydrogens (tertiary/aromatic N) is 3. The largest absolute Gasteiger partial charge is 0.435 e. The third-order valence-electron chi connectivity index (χ3n) is 4.95. The second-order valence-corrected chi connectivity index (χ2v) is 7.45. The average Bonchev–Trinajstić information content (AvgIpc) is 3.20. The maximum absolute atomic E-state index is 6.28. The van der Waals surface area contributed by atoms with E-state index in [1.807, 2.05) is 46.4 Å². The first-order valence-electron chi connectivity index (χ1n) is 9.64. The summed E-state index contributed by atoms with van der Waals surface area (Å²) in [5.74, 6) is 1.41. The van der Waals surface area contributed by atoms with Crippen LogP contribution >= 0.6 is 0 Å². The van der Waals surface area contributed by atoms with Crippen molar-refractivity contribution in [1.29, 1.82) is 0 Å². The smallest absolute Gasteiger partial charge is 0.227 e. The predicted molar refractivity (Wildman–Crippen MR) is 121 cm³/mol. The van der Waals surface area contributed by atoms with E-state index >= 15 is 0 Å². The van der Waals surface area contributed by atoms with Crippen molar-refractivity contribution < 1.29 is 4.42 Å². The summed E-state index contributed by atoms with van der Waals surface area (Å²) >= 11 is 0. The van der Waals surface area contributed by atoms with Gasteiger partial charge in [-0.15, -0.1) is 0 Å². The number of benzene rings is 3. The Morgan fingerprint density at radius 1 is 0.586 bits per heavy atom. The molecular weight excluding hydrogens is 358 g/mol. The van der Waals surface area contributed by atoms with Gasteiger partial charge in [-0.3, -0.25) is 0 Å². The molecule has 0 amide bonds. The topological polar surface area (TPSA) is 32.5 Å². The molecule has 4 aromatic rings. The van der Waals surface area contributed by atoms with Gasteiger partial charge in [0.25, 0.3) is 0 Å². The van der Waals surface area contributed by atoms with Crippen LogP contribution in [0.4, 0.5) is 11.4 Å². The number of hydrogen-bond donors (Lipinski definition) is 0. The predicted octanol–water partition coefficient (Wildman–Crippen LogP) is 5.81. The van der Waals surface area contributed by atoms with Gasteiger partial charge in [-0.05, 0) is 36.4 Å². The first-order chi connectivity index (χ1) is 14.0. The van der Waals surface area contributed by atoms with Crippen LogP contribution in [0, 0.1) is 0 Å². The number of anilines is 2. The summed E-state index contributed by atoms with van der Waals surface area (Å²) in [4.78, 5) is 9.04. The molecule has 0 atom stereocenters. The number of aromatic nitrogens is 1. The van der Waals surface area contributed by atoms with E-state index in [1.165, 1.54) is 0 Å². The molecule has 0 aliphatic heterocycles. The SMILES string of the molecule is CN(C)c1ccc(-c2nc(-c3ccc(N(C)C)cc3)c(-c3ccccc3)o2)cc1. The van der Waals surface area contributed by atoms with Crippen LogP contribution in [0.2, 0.25) is 0 Å². The van der Waals surface area contributed by atoms with Gasteiger partial charge in [-0.2, -0.15) is 0 Å². The van der Waals surface area contributed by atoms with E-state index in [4.69, 9.17) is 9.40 Å². The van der Waals surface area contributed by atoms with Crippen molar-refractivity contribution in [2.24, 2.45) is 0 Å². The van der Waals surface area contributed by atoms with E-state index in [1.54, 1.807) is 0 Å². The highest BCUT2D eigenvalue weighted by Gasteiger charge is 2.18. The van der Waals surface area contributed by atoms with Crippen molar-refractivity contribution in [2.75, 3.05) is 38.0 Å². The van der Waals surface area contributed by atoms with E-state index in [-0.39, 0.29) is 0 Å². The van der Waals surface area contributed by atoms with E-state index in [9.17, 15) is 0 Å². The zero-order valence-electron chi connectivity index (χ0n) is 17.3. The summed E-state index contributed by atoms with van der Waals surface area (Å²) in [6.07, 6.45) is 0. The molecule has 4 nitrogen and oxygen atoms in total. The standard InChI is InChI=1S/C25H25N3O/c1-27(2)21-14-10-18(11-15-21)23-24(19-8-6-5-7-9-19)29-25(26-23)20-12-16-22(17-13-20)28(3)4/h5-17H,1-4H3. The van der Waals surface area contributed by atoms with Crippen molar-refractivity contribution in [3.63, 3.8) is 0 Å². The number of rotatable bonds is 5. The molecule has 0 bridgehead atoms. The van der Waals surface area contributed by atoms with E-state index in [2.05, 4.69) is 70.5 Å². The number of oxazole rings is 1. The number of hydrogen-bond acceptors (Lipinski definition) is 4. The second-order valence-electron chi connectivity index (χ2n) is 7.45. The lowest BCUT2D eigenvalue weighted by Crippen LogP contribution is -2.07. The summed E-state index contributed by atoms with van der Waals surface area (Å²) in [6.45, 7) is 0. The average molecular weight is 383 g/mol. The molecule has 4 heteroatoms. The summed E-state index contributed by atoms with van der Waals surface area (Å²) < 4.78 is 6.28. The van der Waals surface area contributed by atoms with E-state index < -0.39 is 0 Å². The quantitative estimate of drug-likeness (QED) is 0.435. The van der Waals surface area contributed by atoms with Gasteiger partial charge in [0.1, 0.15) is 5.69 Å². The van der Waals surface area contributed by atoms with Gasteiger partial charge in [-0.25, -0.2) is 4.98 Å². The Bertz CT molecular complexity index is 1080. The zero-order chi connectivity index (χ0) is 20.4. The molecule has 0 N–H and O–H groups in total. The highest BCUT2D eigenvalue weighted by molar-refractivity contribution is 5.79. The Balaban J connectivity index is 1.81. The summed E-state index contributed by atoms with van der Waals surface area (Å²) in [5, 5.41) is 0. The van der Waals surface area contributed by atoms with Crippen molar-refractivity contribution in [2.45, 2.75) is 0 Å². The molecule has 0 saturated heterocycles. The van der Waals surface area contributed by atoms with Gasteiger partial charge in [0.2, 0.25) is 5.89 Å². The van der Waals surface area contributed by atoms with Crippen molar-refractivity contribution >= 4 is 11.4 Å². The van der Waals surface area contributed by atoms with Gasteiger partial charge in [0.05, 0.1) is 0 Å². The summed E-state index contributed by atoms with van der Waals surface area (Å²) in [7, 11) is 8.14. The van der Waals surface area contributed by atoms with Crippen LogP contribution in [0.1, 0.15) is 0 Å². The minimum atomic E-state index is 0.626. The monoisotopic (exact) mass is 383 g/mol. The van der Waals surface area contributed by atoms with Crippen LogP contribution in [0.15, 0.2) is 83.3 Å². The van der Waals surface area contributed by atoms with Crippen LogP contribution in [-0.4, -0.2) is 33.2 Å². The first kappa shape index (κ1) is 18.8. The molecule has 3 aromatic carbocycles. The maximum atomic E-state index is 6.28. The van der Waals surface area contributed by atoms with Crippen LogP contribution in [0.25, 0.3) is 34.0 Å². The molecule has 0 unspecified atom stereocenters. The fourth-order valence-electron chi connectivity index (χ4n) is 3.24. The molecule has 0 fully saturated rings. The van der Waals surface area contributed by atoms with E-state index in [0.717, 1.165) is 39.5 Å². The third-order valence-corrected chi connectivity index (χ3v) is 4.95. The Hall–Kier alpha value is -3.53. The first-order valence-corrected chi connectivity index (χ1v) is 9.64. The molecule has 1 aromatic heterocycles. The molecule has 0 spiro atoms. The summed E-state index contributed by atoms with van der Waals surface area (Å²) in [5.41, 5.74) is 6.16. The second kappa shape index (κ2) is 7.84. The van der Waals surface area contributed by atoms with Gasteiger partial charge in [0, 0.05) is 56.3 Å². The van der Waals surface area contributed by atoms with Gasteiger partial charge >= 0.3 is 0 Å². The molecule has 0 saturated carbocycles. The van der Waals surface area contributed by atoms with Gasteiger partial charge in [0.15, 0.2) is 5.76 Å². The van der Waals surface area contributed by atoms with Gasteiger partial charge in [-0.1, -0.05) is 42.5 Å². The van der Waals surface area contributed by atoms with E-state index in [0.29, 0.717) is 5.89 Å². The lowest BCUT2D eigenvalue weighted by Gasteiger charge is -2.12. The molecule has 0 aliphatic rings. The molecule has 4 rings (SSSR count). The van der Waals surface area contributed by atoms with Crippen LogP contribution in [0.5, 0.6) is 0 Å². The van der Waals surface area contributed by atoms with Crippen LogP contribution in [-0.2, 0) is 0 Å². The fourth-order valence-corrected chi connectivity index (χ4v) is 3.24. The molecular formula is C25H25N3O. The van der Waals surface area contributed by atoms with Crippen molar-refractivity contribution in [3.05, 3.63) is 78.9 Å². The Kier molecular flexibility index (Phi) is 5.09. The highest BCUT2D eigenvalue weighted by Crippen LogP contribution is 2.36. The fraction of sp³-hybridized carbons (Fsp3) is 0.160. The zero-order valence-corrected chi connectivity index (χ0v) is 17.3. The Morgan fingerprint density at radius 3 is 1.62 bits per heavy atom. The van der Waals surface area contributed by atoms with Crippen molar-refractivity contribution in [3.8, 4) is 34.0 Å². The third kappa shape index (κ3) is 3.87. The molecule has 0 radical (unpaired) electrons. The minimum Gasteiger partial charge on any atom is -0.435 e. The maximum Gasteiger partial charge on any atom is 0.227 e. The van der Waals surface area contributed by atoms with Crippen LogP contribution in [0.3, 0.4) is 0 Å². The van der Waals surface area contributed by atoms with Gasteiger partial charge < -0.3 is 14.2 Å². The summed E-state index contributed by atoms with van der Waals surface area (Å²) in [6, 6.07) is 26.8. The molecule has 0 aliphatic carbocycles. The van der Waals surface area contributed by atoms with Crippen LogP contribution < -0.4 is 9.80 Å². The molecule has 146 valence electrons. The van der Waals surface area contributed by atoms with Crippen molar-refractivity contribution in [1.82, 2.24) is 4.98 Å². The Labute approximate surface area is 172 Å². The normalized spacial score (nSPS) is 10.8. The Morgan fingerprint density at radius 2 is 1.10 bits per heavy atom. The molecule has 29 heavy (non-hydrogen) atoms. The lowest BCUT2D eigenvalue weighted by atomic mass is 10.1. The highest BCUT2D eigenvalue weighted by atomic mass is 16.4. The lowest BCUT2D eigenvalue weighted by molar-refractivity contribution is 0.589.